The van der Waals surface area contributed by atoms with Crippen LogP contribution in [0.25, 0.3) is 0 Å². The van der Waals surface area contributed by atoms with E-state index in [2.05, 4.69) is 16.2 Å². The van der Waals surface area contributed by atoms with Gasteiger partial charge in [0.25, 0.3) is 5.91 Å². The Morgan fingerprint density at radius 2 is 1.66 bits per heavy atom. The number of rotatable bonds is 7. The molecule has 172 valence electrons. The molecule has 0 spiro atoms. The van der Waals surface area contributed by atoms with E-state index in [1.807, 2.05) is 0 Å². The van der Waals surface area contributed by atoms with Gasteiger partial charge in [-0.1, -0.05) is 0 Å². The average Bonchev–Trinajstić information content (AvgIpc) is 2.82. The highest BCUT2D eigenvalue weighted by molar-refractivity contribution is 7.89. The third-order valence-corrected chi connectivity index (χ3v) is 6.58. The second-order valence-corrected chi connectivity index (χ2v) is 8.98. The summed E-state index contributed by atoms with van der Waals surface area (Å²) in [5.74, 6) is 0.775. The average molecular weight is 481 g/mol. The van der Waals surface area contributed by atoms with Crippen molar-refractivity contribution in [2.45, 2.75) is 4.90 Å². The molecule has 0 bridgehead atoms. The summed E-state index contributed by atoms with van der Waals surface area (Å²) in [6.07, 6.45) is 0. The van der Waals surface area contributed by atoms with Gasteiger partial charge in [0.1, 0.15) is 11.5 Å². The molecule has 0 unspecified atom stereocenters. The van der Waals surface area contributed by atoms with Crippen LogP contribution in [0.15, 0.2) is 53.4 Å². The SMILES string of the molecule is COc1ccc(OCC(=O)NNC(=S)Nc2ccc(S(=O)(=O)N3CCOCC3)cc2)cc1. The van der Waals surface area contributed by atoms with E-state index in [0.717, 1.165) is 0 Å². The molecule has 0 aliphatic carbocycles. The number of carbonyl (C=O) groups excluding carboxylic acids is 1. The summed E-state index contributed by atoms with van der Waals surface area (Å²) in [6, 6.07) is 13.0. The van der Waals surface area contributed by atoms with Gasteiger partial charge in [-0.25, -0.2) is 8.42 Å². The number of hydrogen-bond acceptors (Lipinski definition) is 7. The number of anilines is 1. The largest absolute Gasteiger partial charge is 0.497 e. The maximum absolute atomic E-state index is 12.6. The van der Waals surface area contributed by atoms with Crippen molar-refractivity contribution in [1.29, 1.82) is 0 Å². The van der Waals surface area contributed by atoms with Crippen molar-refractivity contribution in [3.8, 4) is 11.5 Å². The summed E-state index contributed by atoms with van der Waals surface area (Å²) >= 11 is 5.14. The summed E-state index contributed by atoms with van der Waals surface area (Å²) in [6.45, 7) is 1.22. The van der Waals surface area contributed by atoms with Gasteiger partial charge in [-0.3, -0.25) is 15.6 Å². The van der Waals surface area contributed by atoms with Gasteiger partial charge in [0.05, 0.1) is 25.2 Å². The first kappa shape index (κ1) is 23.7. The molecule has 2 aromatic carbocycles. The van der Waals surface area contributed by atoms with E-state index < -0.39 is 15.9 Å². The molecule has 0 radical (unpaired) electrons. The predicted molar refractivity (Wildman–Crippen MR) is 122 cm³/mol. The fraction of sp³-hybridized carbons (Fsp3) is 0.300. The molecule has 12 heteroatoms. The van der Waals surface area contributed by atoms with E-state index in [0.29, 0.717) is 43.5 Å². The maximum Gasteiger partial charge on any atom is 0.276 e. The summed E-state index contributed by atoms with van der Waals surface area (Å²) in [5, 5.41) is 3.00. The number of thiocarbonyl (C=S) groups is 1. The summed E-state index contributed by atoms with van der Waals surface area (Å²) in [4.78, 5) is 12.1. The number of benzene rings is 2. The summed E-state index contributed by atoms with van der Waals surface area (Å²) < 4.78 is 42.3. The van der Waals surface area contributed by atoms with Crippen LogP contribution in [0.3, 0.4) is 0 Å². The van der Waals surface area contributed by atoms with Crippen molar-refractivity contribution < 1.29 is 27.4 Å². The predicted octanol–water partition coefficient (Wildman–Crippen LogP) is 1.11. The number of methoxy groups -OCH3 is 1. The minimum Gasteiger partial charge on any atom is -0.497 e. The second-order valence-electron chi connectivity index (χ2n) is 6.63. The van der Waals surface area contributed by atoms with Gasteiger partial charge in [-0.2, -0.15) is 4.31 Å². The Hall–Kier alpha value is -2.93. The van der Waals surface area contributed by atoms with Crippen LogP contribution in [0.2, 0.25) is 0 Å². The van der Waals surface area contributed by atoms with Gasteiger partial charge in [0.15, 0.2) is 11.7 Å². The monoisotopic (exact) mass is 480 g/mol. The van der Waals surface area contributed by atoms with E-state index >= 15 is 0 Å². The van der Waals surface area contributed by atoms with Gasteiger partial charge < -0.3 is 19.5 Å². The topological polar surface area (TPSA) is 118 Å². The lowest BCUT2D eigenvalue weighted by molar-refractivity contribution is -0.123. The third-order valence-electron chi connectivity index (χ3n) is 4.46. The molecular formula is C20H24N4O6S2. The molecule has 1 amide bonds. The number of carbonyl (C=O) groups is 1. The highest BCUT2D eigenvalue weighted by Crippen LogP contribution is 2.19. The Kier molecular flexibility index (Phi) is 8.22. The summed E-state index contributed by atoms with van der Waals surface area (Å²) in [7, 11) is -2.00. The van der Waals surface area contributed by atoms with E-state index in [-0.39, 0.29) is 16.6 Å². The first-order valence-electron chi connectivity index (χ1n) is 9.69. The van der Waals surface area contributed by atoms with Crippen molar-refractivity contribution >= 4 is 38.9 Å². The number of hydrogen-bond donors (Lipinski definition) is 3. The number of nitrogens with one attached hydrogen (secondary N) is 3. The zero-order chi connectivity index (χ0) is 23.0. The Morgan fingerprint density at radius 3 is 2.28 bits per heavy atom. The van der Waals surface area contributed by atoms with Gasteiger partial charge in [0, 0.05) is 18.8 Å². The van der Waals surface area contributed by atoms with E-state index in [1.165, 1.54) is 16.4 Å². The van der Waals surface area contributed by atoms with Crippen LogP contribution >= 0.6 is 12.2 Å². The molecule has 1 aliphatic rings. The van der Waals surface area contributed by atoms with Gasteiger partial charge >= 0.3 is 0 Å². The Balaban J connectivity index is 1.43. The lowest BCUT2D eigenvalue weighted by Gasteiger charge is -2.26. The standard InChI is InChI=1S/C20H24N4O6S2/c1-28-16-4-6-17(7-5-16)30-14-19(25)22-23-20(31)21-15-2-8-18(9-3-15)32(26,27)24-10-12-29-13-11-24/h2-9H,10-14H2,1H3,(H,22,25)(H2,21,23,31). The first-order chi connectivity index (χ1) is 15.4. The molecule has 10 nitrogen and oxygen atoms in total. The number of morpholine rings is 1. The lowest BCUT2D eigenvalue weighted by Crippen LogP contribution is -2.45. The second kappa shape index (κ2) is 11.1. The van der Waals surface area contributed by atoms with Crippen molar-refractivity contribution in [2.24, 2.45) is 0 Å². The van der Waals surface area contributed by atoms with Crippen LogP contribution in [0.5, 0.6) is 11.5 Å². The van der Waals surface area contributed by atoms with Crippen LogP contribution in [0, 0.1) is 0 Å². The third kappa shape index (κ3) is 6.53. The normalized spacial score (nSPS) is 14.3. The molecule has 0 saturated carbocycles. The summed E-state index contributed by atoms with van der Waals surface area (Å²) in [5.41, 5.74) is 5.54. The highest BCUT2D eigenvalue weighted by Gasteiger charge is 2.26. The lowest BCUT2D eigenvalue weighted by atomic mass is 10.3. The van der Waals surface area contributed by atoms with E-state index in [4.69, 9.17) is 26.4 Å². The molecule has 1 aliphatic heterocycles. The van der Waals surface area contributed by atoms with Crippen molar-refractivity contribution in [3.05, 3.63) is 48.5 Å². The fourth-order valence-corrected chi connectivity index (χ4v) is 4.37. The maximum atomic E-state index is 12.6. The minimum absolute atomic E-state index is 0.131. The number of sulfonamides is 1. The molecule has 2 aromatic rings. The van der Waals surface area contributed by atoms with Crippen LogP contribution in [-0.4, -0.2) is 63.8 Å². The van der Waals surface area contributed by atoms with Gasteiger partial charge in [-0.15, -0.1) is 0 Å². The van der Waals surface area contributed by atoms with E-state index in [9.17, 15) is 13.2 Å². The number of amides is 1. The molecule has 3 N–H and O–H groups in total. The zero-order valence-corrected chi connectivity index (χ0v) is 19.0. The number of ether oxygens (including phenoxy) is 3. The van der Waals surface area contributed by atoms with Crippen LogP contribution < -0.4 is 25.6 Å². The fourth-order valence-electron chi connectivity index (χ4n) is 2.79. The van der Waals surface area contributed by atoms with Crippen molar-refractivity contribution in [3.63, 3.8) is 0 Å². The van der Waals surface area contributed by atoms with Gasteiger partial charge in [0.2, 0.25) is 10.0 Å². The van der Waals surface area contributed by atoms with Crippen LogP contribution in [0.4, 0.5) is 5.69 Å². The first-order valence-corrected chi connectivity index (χ1v) is 11.5. The molecule has 32 heavy (non-hydrogen) atoms. The molecule has 1 heterocycles. The molecule has 3 rings (SSSR count). The van der Waals surface area contributed by atoms with E-state index in [1.54, 1.807) is 43.5 Å². The Labute approximate surface area is 191 Å². The smallest absolute Gasteiger partial charge is 0.276 e. The Morgan fingerprint density at radius 1 is 1.03 bits per heavy atom. The highest BCUT2D eigenvalue weighted by atomic mass is 32.2. The van der Waals surface area contributed by atoms with Crippen LogP contribution in [-0.2, 0) is 19.6 Å². The minimum atomic E-state index is -3.56. The number of hydrazine groups is 1. The van der Waals surface area contributed by atoms with Crippen LogP contribution in [0.1, 0.15) is 0 Å². The van der Waals surface area contributed by atoms with Crippen molar-refractivity contribution in [1.82, 2.24) is 15.2 Å². The Bertz CT molecular complexity index is 1020. The molecule has 1 fully saturated rings. The quantitative estimate of drug-likeness (QED) is 0.396. The molecule has 0 atom stereocenters. The van der Waals surface area contributed by atoms with Crippen molar-refractivity contribution in [2.75, 3.05) is 45.3 Å². The number of nitrogens with zero attached hydrogens (tertiary/aromatic N) is 1. The molecular weight excluding hydrogens is 456 g/mol. The molecule has 1 saturated heterocycles. The molecule has 0 aromatic heterocycles. The zero-order valence-electron chi connectivity index (χ0n) is 17.4. The van der Waals surface area contributed by atoms with Gasteiger partial charge in [-0.05, 0) is 60.7 Å².